The highest BCUT2D eigenvalue weighted by atomic mass is 32.2. The molecule has 16 heavy (non-hydrogen) atoms. The molecule has 0 aliphatic carbocycles. The van der Waals surface area contributed by atoms with Crippen molar-refractivity contribution in [3.8, 4) is 0 Å². The highest BCUT2D eigenvalue weighted by Gasteiger charge is 2.33. The third kappa shape index (κ3) is 3.70. The van der Waals surface area contributed by atoms with Crippen molar-refractivity contribution in [3.63, 3.8) is 0 Å². The first kappa shape index (κ1) is 12.8. The van der Waals surface area contributed by atoms with Crippen molar-refractivity contribution in [2.24, 2.45) is 0 Å². The molecule has 0 bridgehead atoms. The number of hydrogen-bond acceptors (Lipinski definition) is 8. The van der Waals surface area contributed by atoms with Gasteiger partial charge in [-0.25, -0.2) is 4.79 Å². The van der Waals surface area contributed by atoms with Crippen LogP contribution in [0.2, 0.25) is 0 Å². The highest BCUT2D eigenvalue weighted by molar-refractivity contribution is 7.86. The largest absolute Gasteiger partial charge is 0.451 e. The van der Waals surface area contributed by atoms with Crippen LogP contribution < -0.4 is 0 Å². The Bertz CT molecular complexity index is 537. The molecule has 0 atom stereocenters. The third-order valence-electron chi connectivity index (χ3n) is 1.26. The van der Waals surface area contributed by atoms with E-state index < -0.39 is 44.3 Å². The number of cyclic esters (lactones) is 1. The normalized spacial score (nSPS) is 17.2. The number of rotatable bonds is 4. The molecule has 1 aliphatic heterocycles. The van der Waals surface area contributed by atoms with Crippen LogP contribution in [0.15, 0.2) is 11.5 Å². The van der Waals surface area contributed by atoms with Crippen LogP contribution in [0.3, 0.4) is 0 Å². The van der Waals surface area contributed by atoms with Crippen LogP contribution in [0, 0.1) is 0 Å². The Labute approximate surface area is 92.0 Å². The quantitative estimate of drug-likeness (QED) is 0.458. The van der Waals surface area contributed by atoms with E-state index in [0.29, 0.717) is 6.26 Å². The summed E-state index contributed by atoms with van der Waals surface area (Å²) in [4.78, 5) is 11.0. The van der Waals surface area contributed by atoms with Gasteiger partial charge in [0, 0.05) is 0 Å². The highest BCUT2D eigenvalue weighted by Crippen LogP contribution is 2.21. The SMILES string of the molecule is CS(=O)(=O)OC1=C(OS(C)(=O)=O)C(=O)OC1. The Balaban J connectivity index is 3.06. The third-order valence-corrected chi connectivity index (χ3v) is 2.23. The van der Waals surface area contributed by atoms with Gasteiger partial charge in [-0.15, -0.1) is 0 Å². The fraction of sp³-hybridized carbons (Fsp3) is 0.500. The van der Waals surface area contributed by atoms with Gasteiger partial charge in [0.15, 0.2) is 6.61 Å². The predicted molar refractivity (Wildman–Crippen MR) is 49.8 cm³/mol. The van der Waals surface area contributed by atoms with Crippen LogP contribution in [-0.4, -0.2) is 41.9 Å². The molecule has 0 saturated heterocycles. The van der Waals surface area contributed by atoms with Gasteiger partial charge in [0.25, 0.3) is 5.76 Å². The van der Waals surface area contributed by atoms with Gasteiger partial charge in [0.05, 0.1) is 12.5 Å². The van der Waals surface area contributed by atoms with E-state index in [4.69, 9.17) is 0 Å². The second kappa shape index (κ2) is 3.94. The summed E-state index contributed by atoms with van der Waals surface area (Å²) < 4.78 is 56.1. The molecule has 92 valence electrons. The molecule has 0 spiro atoms. The van der Waals surface area contributed by atoms with E-state index >= 15 is 0 Å². The van der Waals surface area contributed by atoms with Crippen molar-refractivity contribution in [3.05, 3.63) is 11.5 Å². The Hall–Kier alpha value is -1.29. The second-order valence-corrected chi connectivity index (χ2v) is 6.05. The van der Waals surface area contributed by atoms with E-state index in [1.165, 1.54) is 0 Å². The standard InChI is InChI=1S/C6H8O8S2/c1-15(8,9)13-4-3-12-6(7)5(4)14-16(2,10)11/h3H2,1-2H3. The lowest BCUT2D eigenvalue weighted by atomic mass is 10.5. The summed E-state index contributed by atoms with van der Waals surface area (Å²) in [5.41, 5.74) is 0. The monoisotopic (exact) mass is 272 g/mol. The predicted octanol–water partition coefficient (Wildman–Crippen LogP) is -1.29. The molecule has 1 aliphatic rings. The Morgan fingerprint density at radius 3 is 2.00 bits per heavy atom. The minimum Gasteiger partial charge on any atom is -0.451 e. The summed E-state index contributed by atoms with van der Waals surface area (Å²) in [5.74, 6) is -2.35. The Morgan fingerprint density at radius 1 is 1.06 bits per heavy atom. The minimum atomic E-state index is -3.96. The number of carbonyl (C=O) groups is 1. The van der Waals surface area contributed by atoms with Gasteiger partial charge in [-0.05, 0) is 0 Å². The molecule has 0 aromatic rings. The fourth-order valence-electron chi connectivity index (χ4n) is 0.853. The molecule has 0 aromatic heterocycles. The number of esters is 1. The van der Waals surface area contributed by atoms with E-state index in [0.717, 1.165) is 6.26 Å². The van der Waals surface area contributed by atoms with E-state index in [2.05, 4.69) is 13.1 Å². The van der Waals surface area contributed by atoms with Crippen LogP contribution in [-0.2, 0) is 38.1 Å². The van der Waals surface area contributed by atoms with Crippen molar-refractivity contribution >= 4 is 26.2 Å². The van der Waals surface area contributed by atoms with Crippen molar-refractivity contribution in [1.29, 1.82) is 0 Å². The summed E-state index contributed by atoms with van der Waals surface area (Å²) in [6, 6.07) is 0. The Morgan fingerprint density at radius 2 is 1.56 bits per heavy atom. The zero-order chi connectivity index (χ0) is 12.6. The van der Waals surface area contributed by atoms with Crippen LogP contribution in [0.25, 0.3) is 0 Å². The molecule has 1 rings (SSSR count). The molecule has 0 radical (unpaired) electrons. The van der Waals surface area contributed by atoms with Crippen LogP contribution in [0.1, 0.15) is 0 Å². The molecule has 0 fully saturated rings. The minimum absolute atomic E-state index is 0.488. The molecule has 0 amide bonds. The first-order chi connectivity index (χ1) is 7.08. The van der Waals surface area contributed by atoms with Gasteiger partial charge in [-0.1, -0.05) is 0 Å². The first-order valence-electron chi connectivity index (χ1n) is 3.78. The fourth-order valence-corrected chi connectivity index (χ4v) is 1.81. The van der Waals surface area contributed by atoms with Gasteiger partial charge >= 0.3 is 26.2 Å². The number of carbonyl (C=O) groups excluding carboxylic acids is 1. The van der Waals surface area contributed by atoms with Crippen molar-refractivity contribution < 1.29 is 34.7 Å². The molecule has 0 saturated carbocycles. The van der Waals surface area contributed by atoms with E-state index in [-0.39, 0.29) is 0 Å². The molecule has 10 heteroatoms. The second-order valence-electron chi connectivity index (χ2n) is 2.90. The first-order valence-corrected chi connectivity index (χ1v) is 7.41. The zero-order valence-electron chi connectivity index (χ0n) is 8.29. The average molecular weight is 272 g/mol. The summed E-state index contributed by atoms with van der Waals surface area (Å²) >= 11 is 0. The average Bonchev–Trinajstić information content (AvgIpc) is 2.30. The summed E-state index contributed by atoms with van der Waals surface area (Å²) in [7, 11) is -7.85. The number of ether oxygens (including phenoxy) is 1. The summed E-state index contributed by atoms with van der Waals surface area (Å²) in [6.45, 7) is -0.489. The lowest BCUT2D eigenvalue weighted by Crippen LogP contribution is -2.11. The van der Waals surface area contributed by atoms with Gasteiger partial charge in [0.2, 0.25) is 5.76 Å². The molecule has 1 heterocycles. The van der Waals surface area contributed by atoms with Gasteiger partial charge in [-0.2, -0.15) is 16.8 Å². The van der Waals surface area contributed by atoms with E-state index in [1.54, 1.807) is 0 Å². The van der Waals surface area contributed by atoms with Crippen LogP contribution >= 0.6 is 0 Å². The number of hydrogen-bond donors (Lipinski definition) is 0. The molecular weight excluding hydrogens is 264 g/mol. The Kier molecular flexibility index (Phi) is 3.15. The van der Waals surface area contributed by atoms with Crippen molar-refractivity contribution in [1.82, 2.24) is 0 Å². The molecule has 0 N–H and O–H groups in total. The molecular formula is C6H8O8S2. The zero-order valence-corrected chi connectivity index (χ0v) is 9.92. The topological polar surface area (TPSA) is 113 Å². The lowest BCUT2D eigenvalue weighted by molar-refractivity contribution is -0.138. The lowest BCUT2D eigenvalue weighted by Gasteiger charge is -2.03. The maximum Gasteiger partial charge on any atom is 0.379 e. The molecule has 0 unspecified atom stereocenters. The van der Waals surface area contributed by atoms with E-state index in [1.807, 2.05) is 0 Å². The molecule has 8 nitrogen and oxygen atoms in total. The molecule has 0 aromatic carbocycles. The van der Waals surface area contributed by atoms with Gasteiger partial charge in [0.1, 0.15) is 0 Å². The maximum atomic E-state index is 11.0. The van der Waals surface area contributed by atoms with E-state index in [9.17, 15) is 21.6 Å². The van der Waals surface area contributed by atoms with Crippen molar-refractivity contribution in [2.75, 3.05) is 19.1 Å². The maximum absolute atomic E-state index is 11.0. The van der Waals surface area contributed by atoms with Gasteiger partial charge < -0.3 is 13.1 Å². The van der Waals surface area contributed by atoms with Crippen molar-refractivity contribution in [2.45, 2.75) is 0 Å². The van der Waals surface area contributed by atoms with Crippen LogP contribution in [0.4, 0.5) is 0 Å². The smallest absolute Gasteiger partial charge is 0.379 e. The van der Waals surface area contributed by atoms with Crippen LogP contribution in [0.5, 0.6) is 0 Å². The summed E-state index contributed by atoms with van der Waals surface area (Å²) in [5, 5.41) is 0. The van der Waals surface area contributed by atoms with Gasteiger partial charge in [-0.3, -0.25) is 0 Å². The summed E-state index contributed by atoms with van der Waals surface area (Å²) in [6.07, 6.45) is 1.44.